The number of rotatable bonds is 6. The highest BCUT2D eigenvalue weighted by atomic mass is 16.5. The molecule has 128 valence electrons. The Hall–Kier alpha value is -3.26. The number of aryl methyl sites for hydroxylation is 2. The number of carbonyl (C=O) groups excluding carboxylic acids is 2. The summed E-state index contributed by atoms with van der Waals surface area (Å²) in [5.74, 6) is 2.34. The molecule has 5 nitrogen and oxygen atoms in total. The second kappa shape index (κ2) is 8.55. The third kappa shape index (κ3) is 4.85. The van der Waals surface area contributed by atoms with Gasteiger partial charge in [-0.05, 0) is 37.1 Å². The van der Waals surface area contributed by atoms with Gasteiger partial charge in [0.15, 0.2) is 6.61 Å². The minimum absolute atomic E-state index is 0.122. The summed E-state index contributed by atoms with van der Waals surface area (Å²) in [6, 6.07) is 12.5. The first kappa shape index (κ1) is 18.1. The van der Waals surface area contributed by atoms with Crippen molar-refractivity contribution in [2.24, 2.45) is 0 Å². The van der Waals surface area contributed by atoms with Gasteiger partial charge in [-0.15, -0.1) is 6.42 Å². The van der Waals surface area contributed by atoms with E-state index in [0.717, 1.165) is 11.1 Å². The predicted molar refractivity (Wildman–Crippen MR) is 97.6 cm³/mol. The number of benzene rings is 2. The van der Waals surface area contributed by atoms with Gasteiger partial charge in [0.2, 0.25) is 0 Å². The summed E-state index contributed by atoms with van der Waals surface area (Å²) in [7, 11) is 0. The van der Waals surface area contributed by atoms with E-state index in [4.69, 9.17) is 11.2 Å². The first-order valence-corrected chi connectivity index (χ1v) is 7.82. The number of hydrogen-bond donors (Lipinski definition) is 2. The Balaban J connectivity index is 2.04. The van der Waals surface area contributed by atoms with Crippen LogP contribution in [-0.2, 0) is 4.79 Å². The quantitative estimate of drug-likeness (QED) is 0.797. The highest BCUT2D eigenvalue weighted by Crippen LogP contribution is 2.22. The molecule has 2 aromatic rings. The first-order chi connectivity index (χ1) is 12.0. The zero-order valence-electron chi connectivity index (χ0n) is 14.3. The molecule has 0 heterocycles. The normalized spacial score (nSPS) is 9.80. The van der Waals surface area contributed by atoms with Crippen LogP contribution in [0.15, 0.2) is 42.5 Å². The molecule has 25 heavy (non-hydrogen) atoms. The fourth-order valence-corrected chi connectivity index (χ4v) is 2.37. The van der Waals surface area contributed by atoms with Crippen LogP contribution in [0.25, 0.3) is 0 Å². The molecule has 2 amide bonds. The number of para-hydroxylation sites is 2. The molecule has 0 unspecified atom stereocenters. The minimum Gasteiger partial charge on any atom is -0.483 e. The summed E-state index contributed by atoms with van der Waals surface area (Å²) in [6.45, 7) is 3.82. The summed E-state index contributed by atoms with van der Waals surface area (Å²) in [6.07, 6.45) is 5.14. The highest BCUT2D eigenvalue weighted by molar-refractivity contribution is 6.04. The molecule has 0 saturated carbocycles. The van der Waals surface area contributed by atoms with Gasteiger partial charge in [0.25, 0.3) is 11.8 Å². The Labute approximate surface area is 147 Å². The van der Waals surface area contributed by atoms with E-state index in [9.17, 15) is 9.59 Å². The smallest absolute Gasteiger partial charge is 0.262 e. The van der Waals surface area contributed by atoms with E-state index in [1.54, 1.807) is 24.3 Å². The molecule has 0 bridgehead atoms. The fourth-order valence-electron chi connectivity index (χ4n) is 2.37. The van der Waals surface area contributed by atoms with Crippen molar-refractivity contribution in [2.75, 3.05) is 18.5 Å². The SMILES string of the molecule is C#CCNC(=O)c1ccccc1NC(=O)COc1c(C)cccc1C. The molecule has 0 atom stereocenters. The Morgan fingerprint density at radius 1 is 1.08 bits per heavy atom. The molecule has 0 fully saturated rings. The number of nitrogens with one attached hydrogen (secondary N) is 2. The molecule has 2 aromatic carbocycles. The predicted octanol–water partition coefficient (Wildman–Crippen LogP) is 2.68. The second-order valence-corrected chi connectivity index (χ2v) is 5.49. The van der Waals surface area contributed by atoms with E-state index in [1.807, 2.05) is 32.0 Å². The Morgan fingerprint density at radius 3 is 2.44 bits per heavy atom. The number of amides is 2. The number of ether oxygens (including phenoxy) is 1. The topological polar surface area (TPSA) is 67.4 Å². The van der Waals surface area contributed by atoms with E-state index in [-0.39, 0.29) is 25.0 Å². The third-order valence-corrected chi connectivity index (χ3v) is 3.55. The van der Waals surface area contributed by atoms with Gasteiger partial charge in [-0.1, -0.05) is 36.3 Å². The Kier molecular flexibility index (Phi) is 6.19. The van der Waals surface area contributed by atoms with Crippen LogP contribution >= 0.6 is 0 Å². The van der Waals surface area contributed by atoms with Crippen molar-refractivity contribution in [3.8, 4) is 18.1 Å². The number of anilines is 1. The zero-order valence-corrected chi connectivity index (χ0v) is 14.3. The van der Waals surface area contributed by atoms with E-state index in [1.165, 1.54) is 0 Å². The van der Waals surface area contributed by atoms with E-state index >= 15 is 0 Å². The van der Waals surface area contributed by atoms with Crippen molar-refractivity contribution >= 4 is 17.5 Å². The van der Waals surface area contributed by atoms with Crippen molar-refractivity contribution in [1.29, 1.82) is 0 Å². The first-order valence-electron chi connectivity index (χ1n) is 7.82. The molecule has 0 saturated heterocycles. The largest absolute Gasteiger partial charge is 0.483 e. The van der Waals surface area contributed by atoms with Gasteiger partial charge >= 0.3 is 0 Å². The molecule has 0 aliphatic rings. The summed E-state index contributed by atoms with van der Waals surface area (Å²) < 4.78 is 5.63. The summed E-state index contributed by atoms with van der Waals surface area (Å²) >= 11 is 0. The third-order valence-electron chi connectivity index (χ3n) is 3.55. The summed E-state index contributed by atoms with van der Waals surface area (Å²) in [5.41, 5.74) is 2.68. The Morgan fingerprint density at radius 2 is 1.76 bits per heavy atom. The van der Waals surface area contributed by atoms with Crippen molar-refractivity contribution in [3.63, 3.8) is 0 Å². The minimum atomic E-state index is -0.347. The average Bonchev–Trinajstić information content (AvgIpc) is 2.59. The van der Waals surface area contributed by atoms with Gasteiger partial charge in [-0.2, -0.15) is 0 Å². The van der Waals surface area contributed by atoms with Crippen LogP contribution in [0.3, 0.4) is 0 Å². The lowest BCUT2D eigenvalue weighted by Crippen LogP contribution is -2.26. The number of hydrogen-bond acceptors (Lipinski definition) is 3. The molecule has 0 radical (unpaired) electrons. The lowest BCUT2D eigenvalue weighted by Gasteiger charge is -2.13. The van der Waals surface area contributed by atoms with Crippen LogP contribution in [0.5, 0.6) is 5.75 Å². The molecule has 5 heteroatoms. The van der Waals surface area contributed by atoms with Gasteiger partial charge in [-0.25, -0.2) is 0 Å². The van der Waals surface area contributed by atoms with Crippen LogP contribution in [0.2, 0.25) is 0 Å². The maximum atomic E-state index is 12.2. The van der Waals surface area contributed by atoms with Gasteiger partial charge in [-0.3, -0.25) is 9.59 Å². The van der Waals surface area contributed by atoms with Crippen LogP contribution < -0.4 is 15.4 Å². The molecule has 0 aliphatic carbocycles. The number of terminal acetylenes is 1. The van der Waals surface area contributed by atoms with Gasteiger partial charge < -0.3 is 15.4 Å². The van der Waals surface area contributed by atoms with E-state index < -0.39 is 0 Å². The monoisotopic (exact) mass is 336 g/mol. The van der Waals surface area contributed by atoms with Crippen molar-refractivity contribution in [3.05, 3.63) is 59.2 Å². The number of carbonyl (C=O) groups is 2. The van der Waals surface area contributed by atoms with Gasteiger partial charge in [0, 0.05) is 0 Å². The standard InChI is InChI=1S/C20H20N2O3/c1-4-12-21-20(24)16-10-5-6-11-17(16)22-18(23)13-25-19-14(2)8-7-9-15(19)3/h1,5-11H,12-13H2,2-3H3,(H,21,24)(H,22,23). The van der Waals surface area contributed by atoms with Crippen LogP contribution in [0.1, 0.15) is 21.5 Å². The van der Waals surface area contributed by atoms with Crippen LogP contribution in [0.4, 0.5) is 5.69 Å². The maximum absolute atomic E-state index is 12.2. The van der Waals surface area contributed by atoms with Gasteiger partial charge in [0.05, 0.1) is 17.8 Å². The molecular weight excluding hydrogens is 316 g/mol. The molecular formula is C20H20N2O3. The lowest BCUT2D eigenvalue weighted by molar-refractivity contribution is -0.118. The summed E-state index contributed by atoms with van der Waals surface area (Å²) in [4.78, 5) is 24.3. The van der Waals surface area contributed by atoms with E-state index in [0.29, 0.717) is 17.0 Å². The van der Waals surface area contributed by atoms with Gasteiger partial charge in [0.1, 0.15) is 5.75 Å². The van der Waals surface area contributed by atoms with Crippen molar-refractivity contribution < 1.29 is 14.3 Å². The lowest BCUT2D eigenvalue weighted by atomic mass is 10.1. The molecule has 0 aliphatic heterocycles. The van der Waals surface area contributed by atoms with Crippen molar-refractivity contribution in [2.45, 2.75) is 13.8 Å². The molecule has 0 spiro atoms. The molecule has 0 aromatic heterocycles. The molecule has 2 N–H and O–H groups in total. The zero-order chi connectivity index (χ0) is 18.2. The molecule has 2 rings (SSSR count). The highest BCUT2D eigenvalue weighted by Gasteiger charge is 2.13. The van der Waals surface area contributed by atoms with E-state index in [2.05, 4.69) is 16.6 Å². The Bertz CT molecular complexity index is 802. The second-order valence-electron chi connectivity index (χ2n) is 5.49. The average molecular weight is 336 g/mol. The van der Waals surface area contributed by atoms with Crippen molar-refractivity contribution in [1.82, 2.24) is 5.32 Å². The van der Waals surface area contributed by atoms with Crippen LogP contribution in [0, 0.1) is 26.2 Å². The summed E-state index contributed by atoms with van der Waals surface area (Å²) in [5, 5.41) is 5.28. The van der Waals surface area contributed by atoms with Crippen LogP contribution in [-0.4, -0.2) is 25.0 Å². The fraction of sp³-hybridized carbons (Fsp3) is 0.200. The maximum Gasteiger partial charge on any atom is 0.262 e.